The van der Waals surface area contributed by atoms with Crippen molar-refractivity contribution in [1.29, 1.82) is 0 Å². The maximum atomic E-state index is 12.2. The molecular weight excluding hydrogens is 464 g/mol. The first-order valence-corrected chi connectivity index (χ1v) is 10.6. The second-order valence-corrected chi connectivity index (χ2v) is 9.53. The molecule has 5 saturated carbocycles. The van der Waals surface area contributed by atoms with Gasteiger partial charge in [0.25, 0.3) is 0 Å². The zero-order chi connectivity index (χ0) is 23.6. The van der Waals surface area contributed by atoms with E-state index in [9.17, 15) is 31.1 Å². The number of aromatic nitrogens is 2. The van der Waals surface area contributed by atoms with E-state index < -0.39 is 31.5 Å². The van der Waals surface area contributed by atoms with Gasteiger partial charge in [0, 0.05) is 24.3 Å². The van der Waals surface area contributed by atoms with E-state index in [0.717, 1.165) is 0 Å². The fraction of sp³-hybridized carbons (Fsp3) is 0.842. The normalized spacial score (nSPS) is 37.0. The SMILES string of the molecule is O=C(COC1CC(OC(F)(F)F)C1)NC12CC(c3nnc([C@H]4C[C@@H]4COC(F)(F)F)o3)(C1)C2. The molecule has 2 bridgehead atoms. The van der Waals surface area contributed by atoms with E-state index in [-0.39, 0.29) is 48.1 Å². The lowest BCUT2D eigenvalue weighted by Crippen LogP contribution is -2.77. The van der Waals surface area contributed by atoms with Crippen LogP contribution in [0.5, 0.6) is 0 Å². The first-order valence-electron chi connectivity index (χ1n) is 10.6. The molecule has 33 heavy (non-hydrogen) atoms. The molecule has 1 aromatic heterocycles. The van der Waals surface area contributed by atoms with Crippen molar-refractivity contribution in [3.63, 3.8) is 0 Å². The smallest absolute Gasteiger partial charge is 0.424 e. The van der Waals surface area contributed by atoms with Crippen LogP contribution in [0.25, 0.3) is 0 Å². The molecule has 0 radical (unpaired) electrons. The van der Waals surface area contributed by atoms with Crippen molar-refractivity contribution >= 4 is 5.91 Å². The second-order valence-electron chi connectivity index (χ2n) is 9.53. The minimum atomic E-state index is -4.67. The summed E-state index contributed by atoms with van der Waals surface area (Å²) in [7, 11) is 0. The predicted octanol–water partition coefficient (Wildman–Crippen LogP) is 3.08. The third-order valence-electron chi connectivity index (χ3n) is 6.83. The molecule has 14 heteroatoms. The molecule has 6 rings (SSSR count). The minimum Gasteiger partial charge on any atom is -0.424 e. The van der Waals surface area contributed by atoms with Gasteiger partial charge in [0.1, 0.15) is 6.61 Å². The monoisotopic (exact) mass is 485 g/mol. The number of ether oxygens (including phenoxy) is 3. The number of alkyl halides is 6. The van der Waals surface area contributed by atoms with Gasteiger partial charge in [-0.15, -0.1) is 36.5 Å². The van der Waals surface area contributed by atoms with Gasteiger partial charge in [0.15, 0.2) is 0 Å². The Hall–Kier alpha value is -1.93. The molecule has 0 aliphatic heterocycles. The van der Waals surface area contributed by atoms with E-state index in [0.29, 0.717) is 37.5 Å². The number of nitrogens with zero attached hydrogens (tertiary/aromatic N) is 2. The number of carbonyl (C=O) groups excluding carboxylic acids is 1. The van der Waals surface area contributed by atoms with E-state index in [2.05, 4.69) is 25.0 Å². The maximum absolute atomic E-state index is 12.2. The van der Waals surface area contributed by atoms with E-state index in [1.165, 1.54) is 0 Å². The van der Waals surface area contributed by atoms with Crippen molar-refractivity contribution < 1.29 is 49.8 Å². The fourth-order valence-corrected chi connectivity index (χ4v) is 5.15. The van der Waals surface area contributed by atoms with E-state index >= 15 is 0 Å². The number of nitrogens with one attached hydrogen (secondary N) is 1. The summed E-state index contributed by atoms with van der Waals surface area (Å²) in [6, 6.07) is 0. The highest BCUT2D eigenvalue weighted by atomic mass is 19.4. The van der Waals surface area contributed by atoms with Crippen molar-refractivity contribution in [2.75, 3.05) is 13.2 Å². The standard InChI is InChI=1S/C19H21F6N3O5/c20-18(21,22)31-4-9-1-12(9)14-27-28-15(32-14)16-6-17(7-16,8-16)26-13(29)5-30-10-2-11(3-10)33-19(23,24)25/h9-12H,1-8H2,(H,26,29)/t9-,10?,11?,12+,16?,17?/m1/s1. The van der Waals surface area contributed by atoms with E-state index in [4.69, 9.17) is 9.15 Å². The predicted molar refractivity (Wildman–Crippen MR) is 93.5 cm³/mol. The molecule has 1 heterocycles. The quantitative estimate of drug-likeness (QED) is 0.537. The van der Waals surface area contributed by atoms with Gasteiger partial charge in [-0.1, -0.05) is 0 Å². The number of rotatable bonds is 9. The molecule has 5 aliphatic carbocycles. The lowest BCUT2D eigenvalue weighted by atomic mass is 9.39. The van der Waals surface area contributed by atoms with Crippen LogP contribution < -0.4 is 5.32 Å². The molecule has 0 saturated heterocycles. The van der Waals surface area contributed by atoms with Crippen LogP contribution in [0.15, 0.2) is 4.42 Å². The second kappa shape index (κ2) is 7.54. The molecule has 8 nitrogen and oxygen atoms in total. The Labute approximate surface area is 183 Å². The molecule has 5 fully saturated rings. The summed E-state index contributed by atoms with van der Waals surface area (Å²) in [5.41, 5.74) is -0.721. The number of halogens is 6. The zero-order valence-corrected chi connectivity index (χ0v) is 17.2. The third kappa shape index (κ3) is 4.83. The summed E-state index contributed by atoms with van der Waals surface area (Å²) in [4.78, 5) is 12.2. The fourth-order valence-electron chi connectivity index (χ4n) is 5.15. The zero-order valence-electron chi connectivity index (χ0n) is 17.2. The van der Waals surface area contributed by atoms with Gasteiger partial charge in [-0.25, -0.2) is 0 Å². The summed E-state index contributed by atoms with van der Waals surface area (Å²) in [6.07, 6.45) is -8.23. The Balaban J connectivity index is 1.01. The molecule has 0 aromatic carbocycles. The van der Waals surface area contributed by atoms with Crippen LogP contribution in [0.1, 0.15) is 56.2 Å². The summed E-state index contributed by atoms with van der Waals surface area (Å²) >= 11 is 0. The largest absolute Gasteiger partial charge is 0.522 e. The number of amides is 1. The molecular formula is C19H21F6N3O5. The van der Waals surface area contributed by atoms with Crippen LogP contribution in [0.3, 0.4) is 0 Å². The summed E-state index contributed by atoms with van der Waals surface area (Å²) in [5.74, 6) is -0.146. The summed E-state index contributed by atoms with van der Waals surface area (Å²) < 4.78 is 91.5. The first-order chi connectivity index (χ1) is 15.3. The van der Waals surface area contributed by atoms with Crippen LogP contribution in [0.2, 0.25) is 0 Å². The average molecular weight is 485 g/mol. The van der Waals surface area contributed by atoms with Crippen LogP contribution >= 0.6 is 0 Å². The maximum Gasteiger partial charge on any atom is 0.522 e. The van der Waals surface area contributed by atoms with E-state index in [1.54, 1.807) is 0 Å². The molecule has 0 spiro atoms. The summed E-state index contributed by atoms with van der Waals surface area (Å²) in [5, 5.41) is 10.9. The lowest BCUT2D eigenvalue weighted by molar-refractivity contribution is -0.357. The Morgan fingerprint density at radius 2 is 1.73 bits per heavy atom. The Kier molecular flexibility index (Phi) is 5.22. The van der Waals surface area contributed by atoms with Gasteiger partial charge >= 0.3 is 12.7 Å². The number of carbonyl (C=O) groups is 1. The van der Waals surface area contributed by atoms with Crippen molar-refractivity contribution in [2.45, 2.75) is 80.3 Å². The van der Waals surface area contributed by atoms with Gasteiger partial charge in [0.2, 0.25) is 17.7 Å². The van der Waals surface area contributed by atoms with Crippen molar-refractivity contribution in [2.24, 2.45) is 5.92 Å². The topological polar surface area (TPSA) is 95.7 Å². The molecule has 1 aromatic rings. The molecule has 2 atom stereocenters. The van der Waals surface area contributed by atoms with Gasteiger partial charge in [-0.05, 0) is 31.6 Å². The molecule has 1 N–H and O–H groups in total. The van der Waals surface area contributed by atoms with Crippen LogP contribution in [0, 0.1) is 5.92 Å². The minimum absolute atomic E-state index is 0.0880. The van der Waals surface area contributed by atoms with Gasteiger partial charge in [-0.3, -0.25) is 14.3 Å². The summed E-state index contributed by atoms with van der Waals surface area (Å²) in [6.45, 7) is -0.684. The van der Waals surface area contributed by atoms with Crippen molar-refractivity contribution in [3.8, 4) is 0 Å². The molecule has 5 aliphatic rings. The Bertz CT molecular complexity index is 893. The third-order valence-corrected chi connectivity index (χ3v) is 6.83. The van der Waals surface area contributed by atoms with Gasteiger partial charge in [-0.2, -0.15) is 0 Å². The molecule has 1 amide bonds. The molecule has 184 valence electrons. The van der Waals surface area contributed by atoms with Gasteiger partial charge in [0.05, 0.1) is 24.2 Å². The van der Waals surface area contributed by atoms with Gasteiger partial charge < -0.3 is 14.5 Å². The van der Waals surface area contributed by atoms with Crippen LogP contribution in [-0.4, -0.2) is 59.8 Å². The number of hydrogen-bond acceptors (Lipinski definition) is 7. The van der Waals surface area contributed by atoms with Crippen molar-refractivity contribution in [3.05, 3.63) is 11.8 Å². The van der Waals surface area contributed by atoms with Crippen LogP contribution in [-0.2, 0) is 24.4 Å². The highest BCUT2D eigenvalue weighted by Gasteiger charge is 2.72. The Morgan fingerprint density at radius 1 is 1.03 bits per heavy atom. The van der Waals surface area contributed by atoms with Crippen molar-refractivity contribution in [1.82, 2.24) is 15.5 Å². The molecule has 0 unspecified atom stereocenters. The number of hydrogen-bond donors (Lipinski definition) is 1. The lowest BCUT2D eigenvalue weighted by Gasteiger charge is -2.68. The highest BCUT2D eigenvalue weighted by Crippen LogP contribution is 2.67. The average Bonchev–Trinajstić information content (AvgIpc) is 3.22. The highest BCUT2D eigenvalue weighted by molar-refractivity contribution is 5.79. The van der Waals surface area contributed by atoms with Crippen LogP contribution in [0.4, 0.5) is 26.3 Å². The first kappa shape index (κ1) is 22.8. The Morgan fingerprint density at radius 3 is 2.36 bits per heavy atom. The van der Waals surface area contributed by atoms with E-state index in [1.807, 2.05) is 0 Å².